The lowest BCUT2D eigenvalue weighted by atomic mass is 9.47. The summed E-state index contributed by atoms with van der Waals surface area (Å²) in [7, 11) is -3.93. The third-order valence-corrected chi connectivity index (χ3v) is 11.9. The van der Waals surface area contributed by atoms with Crippen LogP contribution in [0.5, 0.6) is 0 Å². The van der Waals surface area contributed by atoms with Gasteiger partial charge >= 0.3 is 5.97 Å². The van der Waals surface area contributed by atoms with Crippen LogP contribution >= 0.6 is 0 Å². The number of carbonyl (C=O) groups excluding carboxylic acids is 2. The monoisotopic (exact) mass is 562 g/mol. The van der Waals surface area contributed by atoms with Crippen molar-refractivity contribution in [1.82, 2.24) is 0 Å². The fraction of sp³-hybridized carbons (Fsp3) is 0.515. The number of benzene rings is 2. The highest BCUT2D eigenvalue weighted by molar-refractivity contribution is 7.86. The van der Waals surface area contributed by atoms with Gasteiger partial charge in [0.05, 0.1) is 17.1 Å². The van der Waals surface area contributed by atoms with Gasteiger partial charge in [-0.3, -0.25) is 8.98 Å². The average Bonchev–Trinajstić information content (AvgIpc) is 3.28. The molecule has 4 aliphatic carbocycles. The Hall–Kier alpha value is -2.77. The van der Waals surface area contributed by atoms with Gasteiger partial charge < -0.3 is 4.74 Å². The molecule has 0 N–H and O–H groups in total. The van der Waals surface area contributed by atoms with Gasteiger partial charge in [-0.05, 0) is 100.0 Å². The van der Waals surface area contributed by atoms with Crippen molar-refractivity contribution in [2.75, 3.05) is 6.61 Å². The van der Waals surface area contributed by atoms with Gasteiger partial charge in [-0.1, -0.05) is 48.4 Å². The van der Waals surface area contributed by atoms with E-state index in [2.05, 4.69) is 6.92 Å². The van der Waals surface area contributed by atoms with Crippen molar-refractivity contribution in [3.63, 3.8) is 0 Å². The highest BCUT2D eigenvalue weighted by Crippen LogP contribution is 2.66. The number of ether oxygens (including phenoxy) is 1. The summed E-state index contributed by atoms with van der Waals surface area (Å²) in [4.78, 5) is 25.6. The van der Waals surface area contributed by atoms with Crippen LogP contribution < -0.4 is 0 Å². The molecule has 0 radical (unpaired) electrons. The van der Waals surface area contributed by atoms with Crippen LogP contribution in [-0.2, 0) is 23.8 Å². The highest BCUT2D eigenvalue weighted by Gasteiger charge is 2.61. The molecule has 3 saturated carbocycles. The minimum Gasteiger partial charge on any atom is -0.458 e. The number of hydrogen-bond acceptors (Lipinski definition) is 6. The Bertz CT molecular complexity index is 1430. The lowest BCUT2D eigenvalue weighted by molar-refractivity contribution is -0.119. The van der Waals surface area contributed by atoms with Gasteiger partial charge in [0.1, 0.15) is 6.10 Å². The maximum atomic E-state index is 13.2. The smallest absolute Gasteiger partial charge is 0.338 e. The molecule has 0 saturated heterocycles. The Morgan fingerprint density at radius 3 is 2.42 bits per heavy atom. The van der Waals surface area contributed by atoms with Gasteiger partial charge in [0.2, 0.25) is 0 Å². The Morgan fingerprint density at radius 1 is 0.925 bits per heavy atom. The molecule has 4 aliphatic rings. The molecule has 0 unspecified atom stereocenters. The molecule has 0 heterocycles. The standard InChI is InChI=1S/C33H38O6S/c1-22-8-11-26(12-9-22)40(36,37)38-21-33-19-16-25(34)20-24(33)10-13-27-28-14-15-30(32(28,2)18-17-29(27)33)39-31(35)23-6-4-3-5-7-23/h3-9,11-12,20,27-30H,10,13-19,21H2,1-2H3/t27-,28-,29-,30-,32-,33+/m0/s1. The fourth-order valence-electron chi connectivity index (χ4n) is 8.50. The zero-order valence-corrected chi connectivity index (χ0v) is 24.1. The zero-order chi connectivity index (χ0) is 28.1. The number of ketones is 1. The highest BCUT2D eigenvalue weighted by atomic mass is 32.2. The molecule has 2 aromatic carbocycles. The maximum absolute atomic E-state index is 13.2. The predicted molar refractivity (Wildman–Crippen MR) is 151 cm³/mol. The molecule has 212 valence electrons. The lowest BCUT2D eigenvalue weighted by Gasteiger charge is -2.58. The van der Waals surface area contributed by atoms with E-state index in [4.69, 9.17) is 8.92 Å². The lowest BCUT2D eigenvalue weighted by Crippen LogP contribution is -2.54. The zero-order valence-electron chi connectivity index (χ0n) is 23.3. The van der Waals surface area contributed by atoms with Crippen molar-refractivity contribution < 1.29 is 26.9 Å². The van der Waals surface area contributed by atoms with Crippen molar-refractivity contribution in [3.8, 4) is 0 Å². The van der Waals surface area contributed by atoms with Crippen LogP contribution in [0.25, 0.3) is 0 Å². The molecule has 0 amide bonds. The van der Waals surface area contributed by atoms with Crippen molar-refractivity contribution in [1.29, 1.82) is 0 Å². The van der Waals surface area contributed by atoms with Gasteiger partial charge in [-0.15, -0.1) is 0 Å². The van der Waals surface area contributed by atoms with E-state index in [9.17, 15) is 18.0 Å². The van der Waals surface area contributed by atoms with Crippen LogP contribution in [-0.4, -0.2) is 32.9 Å². The van der Waals surface area contributed by atoms with E-state index in [0.29, 0.717) is 30.2 Å². The summed E-state index contributed by atoms with van der Waals surface area (Å²) in [5.41, 5.74) is 2.05. The summed E-state index contributed by atoms with van der Waals surface area (Å²) in [5.74, 6) is 0.843. The fourth-order valence-corrected chi connectivity index (χ4v) is 9.48. The number of carbonyl (C=O) groups is 2. The van der Waals surface area contributed by atoms with Crippen molar-refractivity contribution in [2.24, 2.45) is 28.6 Å². The van der Waals surface area contributed by atoms with Crippen molar-refractivity contribution >= 4 is 21.9 Å². The number of rotatable bonds is 6. The van der Waals surface area contributed by atoms with Gasteiger partial charge in [0.25, 0.3) is 10.1 Å². The second kappa shape index (κ2) is 10.3. The average molecular weight is 563 g/mol. The third kappa shape index (κ3) is 4.65. The Labute approximate surface area is 237 Å². The second-order valence-corrected chi connectivity index (χ2v) is 14.2. The second-order valence-electron chi connectivity index (χ2n) is 12.6. The molecule has 2 aromatic rings. The summed E-state index contributed by atoms with van der Waals surface area (Å²) < 4.78 is 38.4. The Balaban J connectivity index is 1.25. The molecule has 0 bridgehead atoms. The molecule has 7 heteroatoms. The SMILES string of the molecule is Cc1ccc(S(=O)(=O)OC[C@]23CCC(=O)C=C2CC[C@@H]2[C@@H]3CC[C@]3(C)[C@@H](OC(=O)c4ccccc4)CC[C@@H]23)cc1. The van der Waals surface area contributed by atoms with E-state index in [1.807, 2.05) is 25.1 Å². The molecular formula is C33H38O6S. The summed E-state index contributed by atoms with van der Waals surface area (Å²) in [6.07, 6.45) is 8.07. The largest absolute Gasteiger partial charge is 0.458 e. The van der Waals surface area contributed by atoms with E-state index in [1.54, 1.807) is 42.5 Å². The Kier molecular flexibility index (Phi) is 7.02. The number of aryl methyl sites for hydroxylation is 1. The van der Waals surface area contributed by atoms with Crippen LogP contribution in [0.15, 0.2) is 71.1 Å². The summed E-state index contributed by atoms with van der Waals surface area (Å²) in [6, 6.07) is 15.9. The van der Waals surface area contributed by atoms with Crippen molar-refractivity contribution in [3.05, 3.63) is 77.4 Å². The molecule has 40 heavy (non-hydrogen) atoms. The van der Waals surface area contributed by atoms with Crippen LogP contribution in [0, 0.1) is 35.5 Å². The quantitative estimate of drug-likeness (QED) is 0.298. The third-order valence-electron chi connectivity index (χ3n) is 10.6. The minimum atomic E-state index is -3.93. The molecule has 3 fully saturated rings. The molecule has 0 spiro atoms. The van der Waals surface area contributed by atoms with E-state index in [1.165, 1.54) is 0 Å². The van der Waals surface area contributed by atoms with Crippen LogP contribution in [0.2, 0.25) is 0 Å². The molecule has 0 aromatic heterocycles. The van der Waals surface area contributed by atoms with E-state index < -0.39 is 15.5 Å². The predicted octanol–water partition coefficient (Wildman–Crippen LogP) is 6.44. The number of esters is 1. The van der Waals surface area contributed by atoms with Crippen molar-refractivity contribution in [2.45, 2.75) is 76.2 Å². The van der Waals surface area contributed by atoms with Crippen LogP contribution in [0.4, 0.5) is 0 Å². The molecule has 0 aliphatic heterocycles. The van der Waals surface area contributed by atoms with Crippen LogP contribution in [0.1, 0.15) is 74.2 Å². The van der Waals surface area contributed by atoms with Crippen LogP contribution in [0.3, 0.4) is 0 Å². The minimum absolute atomic E-state index is 0.0688. The first-order chi connectivity index (χ1) is 19.1. The van der Waals surface area contributed by atoms with Gasteiger partial charge in [0, 0.05) is 17.3 Å². The summed E-state index contributed by atoms with van der Waals surface area (Å²) >= 11 is 0. The van der Waals surface area contributed by atoms with E-state index in [0.717, 1.165) is 49.7 Å². The first-order valence-corrected chi connectivity index (χ1v) is 16.0. The first kappa shape index (κ1) is 27.4. The molecular weight excluding hydrogens is 524 g/mol. The Morgan fingerprint density at radius 2 is 1.68 bits per heavy atom. The summed E-state index contributed by atoms with van der Waals surface area (Å²) in [5, 5.41) is 0. The van der Waals surface area contributed by atoms with E-state index in [-0.39, 0.29) is 40.7 Å². The molecule has 6 atom stereocenters. The van der Waals surface area contributed by atoms with E-state index >= 15 is 0 Å². The molecule has 6 rings (SSSR count). The topological polar surface area (TPSA) is 86.7 Å². The van der Waals surface area contributed by atoms with Gasteiger partial charge in [-0.2, -0.15) is 8.42 Å². The first-order valence-electron chi connectivity index (χ1n) is 14.6. The molecule has 6 nitrogen and oxygen atoms in total. The number of fused-ring (bicyclic) bond motifs is 5. The van der Waals surface area contributed by atoms with Gasteiger partial charge in [-0.25, -0.2) is 4.79 Å². The van der Waals surface area contributed by atoms with Gasteiger partial charge in [0.15, 0.2) is 5.78 Å². The maximum Gasteiger partial charge on any atom is 0.338 e. The summed E-state index contributed by atoms with van der Waals surface area (Å²) in [6.45, 7) is 4.27. The normalized spacial score (nSPS) is 33.4. The number of hydrogen-bond donors (Lipinski definition) is 0.